The van der Waals surface area contributed by atoms with Gasteiger partial charge in [0.15, 0.2) is 0 Å². The van der Waals surface area contributed by atoms with Crippen molar-refractivity contribution in [1.29, 1.82) is 0 Å². The fourth-order valence-electron chi connectivity index (χ4n) is 2.12. The maximum absolute atomic E-state index is 4.53. The van der Waals surface area contributed by atoms with Gasteiger partial charge in [0.25, 0.3) is 0 Å². The Morgan fingerprint density at radius 1 is 1.21 bits per heavy atom. The average molecular weight is 269 g/mol. The lowest BCUT2D eigenvalue weighted by molar-refractivity contribution is 0.847. The van der Waals surface area contributed by atoms with Crippen LogP contribution in [0.5, 0.6) is 0 Å². The van der Waals surface area contributed by atoms with Crippen LogP contribution >= 0.6 is 11.3 Å². The van der Waals surface area contributed by atoms with Crippen LogP contribution in [0.1, 0.15) is 23.7 Å². The molecular formula is C15H15N3S. The van der Waals surface area contributed by atoms with Crippen LogP contribution in [0.2, 0.25) is 0 Å². The molecular weight excluding hydrogens is 254 g/mol. The average Bonchev–Trinajstić information content (AvgIpc) is 2.86. The molecule has 19 heavy (non-hydrogen) atoms. The van der Waals surface area contributed by atoms with Crippen molar-refractivity contribution in [2.24, 2.45) is 0 Å². The Balaban J connectivity index is 1.93. The van der Waals surface area contributed by atoms with Crippen molar-refractivity contribution in [3.63, 3.8) is 0 Å². The summed E-state index contributed by atoms with van der Waals surface area (Å²) >= 11 is 1.68. The van der Waals surface area contributed by atoms with Gasteiger partial charge in [0.2, 0.25) is 0 Å². The van der Waals surface area contributed by atoms with E-state index in [0.29, 0.717) is 0 Å². The first-order valence-corrected chi connectivity index (χ1v) is 7.14. The van der Waals surface area contributed by atoms with Crippen LogP contribution in [0.3, 0.4) is 0 Å². The van der Waals surface area contributed by atoms with Crippen LogP contribution in [0.15, 0.2) is 41.9 Å². The lowest BCUT2D eigenvalue weighted by atomic mass is 10.1. The van der Waals surface area contributed by atoms with Crippen molar-refractivity contribution in [3.05, 3.63) is 52.6 Å². The van der Waals surface area contributed by atoms with Crippen molar-refractivity contribution in [2.45, 2.75) is 19.9 Å². The molecule has 3 aromatic rings. The smallest absolute Gasteiger partial charge is 0.0898 e. The van der Waals surface area contributed by atoms with Gasteiger partial charge in [-0.05, 0) is 38.1 Å². The van der Waals surface area contributed by atoms with Crippen molar-refractivity contribution in [3.8, 4) is 0 Å². The highest BCUT2D eigenvalue weighted by molar-refractivity contribution is 7.09. The minimum absolute atomic E-state index is 0.191. The largest absolute Gasteiger partial charge is 0.376 e. The Morgan fingerprint density at radius 3 is 2.89 bits per heavy atom. The van der Waals surface area contributed by atoms with Crippen molar-refractivity contribution < 1.29 is 0 Å². The van der Waals surface area contributed by atoms with E-state index in [-0.39, 0.29) is 6.04 Å². The monoisotopic (exact) mass is 269 g/mol. The van der Waals surface area contributed by atoms with Gasteiger partial charge >= 0.3 is 0 Å². The SMILES string of the molecule is Cc1nc(C(C)Nc2cccc3ncccc23)cs1. The lowest BCUT2D eigenvalue weighted by Gasteiger charge is -2.14. The summed E-state index contributed by atoms with van der Waals surface area (Å²) in [7, 11) is 0. The number of fused-ring (bicyclic) bond motifs is 1. The lowest BCUT2D eigenvalue weighted by Crippen LogP contribution is -2.07. The predicted octanol–water partition coefficient (Wildman–Crippen LogP) is 4.17. The van der Waals surface area contributed by atoms with E-state index in [9.17, 15) is 0 Å². The molecule has 0 saturated carbocycles. The molecule has 0 aliphatic heterocycles. The minimum atomic E-state index is 0.191. The predicted molar refractivity (Wildman–Crippen MR) is 80.6 cm³/mol. The molecule has 0 fully saturated rings. The van der Waals surface area contributed by atoms with E-state index >= 15 is 0 Å². The summed E-state index contributed by atoms with van der Waals surface area (Å²) in [4.78, 5) is 8.90. The number of hydrogen-bond donors (Lipinski definition) is 1. The molecule has 3 rings (SSSR count). The molecule has 1 N–H and O–H groups in total. The number of rotatable bonds is 3. The molecule has 2 aromatic heterocycles. The molecule has 1 aromatic carbocycles. The highest BCUT2D eigenvalue weighted by atomic mass is 32.1. The molecule has 0 aliphatic rings. The van der Waals surface area contributed by atoms with Crippen LogP contribution in [0.25, 0.3) is 10.9 Å². The summed E-state index contributed by atoms with van der Waals surface area (Å²) in [5.74, 6) is 0. The number of aryl methyl sites for hydroxylation is 1. The zero-order valence-electron chi connectivity index (χ0n) is 10.9. The van der Waals surface area contributed by atoms with Crippen LogP contribution in [0.4, 0.5) is 5.69 Å². The number of nitrogens with zero attached hydrogens (tertiary/aromatic N) is 2. The van der Waals surface area contributed by atoms with Gasteiger partial charge in [-0.15, -0.1) is 11.3 Å². The summed E-state index contributed by atoms with van der Waals surface area (Å²) in [6.07, 6.45) is 1.82. The summed E-state index contributed by atoms with van der Waals surface area (Å²) in [6.45, 7) is 4.16. The quantitative estimate of drug-likeness (QED) is 0.775. The van der Waals surface area contributed by atoms with Crippen molar-refractivity contribution in [1.82, 2.24) is 9.97 Å². The van der Waals surface area contributed by atoms with Gasteiger partial charge in [0.05, 0.1) is 22.3 Å². The van der Waals surface area contributed by atoms with Crippen molar-refractivity contribution in [2.75, 3.05) is 5.32 Å². The zero-order chi connectivity index (χ0) is 13.2. The maximum Gasteiger partial charge on any atom is 0.0898 e. The molecule has 1 atom stereocenters. The molecule has 0 spiro atoms. The topological polar surface area (TPSA) is 37.8 Å². The second-order valence-electron chi connectivity index (χ2n) is 4.53. The van der Waals surface area contributed by atoms with Gasteiger partial charge in [0.1, 0.15) is 0 Å². The van der Waals surface area contributed by atoms with Crippen LogP contribution in [-0.4, -0.2) is 9.97 Å². The summed E-state index contributed by atoms with van der Waals surface area (Å²) in [5.41, 5.74) is 3.20. The number of anilines is 1. The van der Waals surface area contributed by atoms with E-state index < -0.39 is 0 Å². The third-order valence-corrected chi connectivity index (χ3v) is 3.89. The van der Waals surface area contributed by atoms with Gasteiger partial charge in [0, 0.05) is 22.7 Å². The molecule has 0 saturated heterocycles. The van der Waals surface area contributed by atoms with E-state index in [1.807, 2.05) is 31.3 Å². The molecule has 1 unspecified atom stereocenters. The van der Waals surface area contributed by atoms with E-state index in [2.05, 4.69) is 39.7 Å². The van der Waals surface area contributed by atoms with E-state index in [4.69, 9.17) is 0 Å². The number of aromatic nitrogens is 2. The molecule has 96 valence electrons. The standard InChI is InChI=1S/C15H15N3S/c1-10(15-9-19-11(2)18-15)17-14-7-3-6-13-12(14)5-4-8-16-13/h3-10,17H,1-2H3. The molecule has 0 aliphatic carbocycles. The third-order valence-electron chi connectivity index (χ3n) is 3.10. The van der Waals surface area contributed by atoms with Gasteiger partial charge < -0.3 is 5.32 Å². The fraction of sp³-hybridized carbons (Fsp3) is 0.200. The van der Waals surface area contributed by atoms with Crippen LogP contribution in [-0.2, 0) is 0 Å². The number of pyridine rings is 1. The van der Waals surface area contributed by atoms with E-state index in [1.54, 1.807) is 11.3 Å². The number of hydrogen-bond acceptors (Lipinski definition) is 4. The van der Waals surface area contributed by atoms with Gasteiger partial charge in [-0.25, -0.2) is 4.98 Å². The molecule has 3 nitrogen and oxygen atoms in total. The summed E-state index contributed by atoms with van der Waals surface area (Å²) in [5, 5.41) is 7.87. The summed E-state index contributed by atoms with van der Waals surface area (Å²) in [6, 6.07) is 10.4. The Morgan fingerprint density at radius 2 is 2.11 bits per heavy atom. The van der Waals surface area contributed by atoms with E-state index in [0.717, 1.165) is 27.3 Å². The molecule has 0 bridgehead atoms. The Hall–Kier alpha value is -1.94. The fourth-order valence-corrected chi connectivity index (χ4v) is 2.82. The number of thiazole rings is 1. The van der Waals surface area contributed by atoms with E-state index in [1.165, 1.54) is 0 Å². The Labute approximate surface area is 116 Å². The first kappa shape index (κ1) is 12.1. The molecule has 2 heterocycles. The Kier molecular flexibility index (Phi) is 3.17. The molecule has 0 radical (unpaired) electrons. The van der Waals surface area contributed by atoms with Crippen molar-refractivity contribution >= 4 is 27.9 Å². The third kappa shape index (κ3) is 2.44. The second-order valence-corrected chi connectivity index (χ2v) is 5.60. The minimum Gasteiger partial charge on any atom is -0.376 e. The highest BCUT2D eigenvalue weighted by Crippen LogP contribution is 2.26. The highest BCUT2D eigenvalue weighted by Gasteiger charge is 2.10. The van der Waals surface area contributed by atoms with Crippen LogP contribution in [0, 0.1) is 6.92 Å². The number of nitrogens with one attached hydrogen (secondary N) is 1. The van der Waals surface area contributed by atoms with Crippen LogP contribution < -0.4 is 5.32 Å². The number of benzene rings is 1. The second kappa shape index (κ2) is 4.97. The first-order chi connectivity index (χ1) is 9.24. The zero-order valence-corrected chi connectivity index (χ0v) is 11.7. The van der Waals surface area contributed by atoms with Gasteiger partial charge in [-0.3, -0.25) is 4.98 Å². The Bertz CT molecular complexity index is 700. The molecule has 4 heteroatoms. The first-order valence-electron chi connectivity index (χ1n) is 6.26. The summed E-state index contributed by atoms with van der Waals surface area (Å²) < 4.78 is 0. The maximum atomic E-state index is 4.53. The van der Waals surface area contributed by atoms with Gasteiger partial charge in [-0.1, -0.05) is 6.07 Å². The van der Waals surface area contributed by atoms with Gasteiger partial charge in [-0.2, -0.15) is 0 Å². The normalized spacial score (nSPS) is 12.5. The molecule has 0 amide bonds.